The largest absolute Gasteiger partial charge is 0.377 e. The van der Waals surface area contributed by atoms with Crippen molar-refractivity contribution in [3.63, 3.8) is 0 Å². The van der Waals surface area contributed by atoms with E-state index >= 15 is 0 Å². The van der Waals surface area contributed by atoms with Crippen LogP contribution in [0.3, 0.4) is 0 Å². The molecular weight excluding hydrogens is 224 g/mol. The molecule has 1 aliphatic heterocycles. The van der Waals surface area contributed by atoms with Crippen molar-refractivity contribution in [2.24, 2.45) is 0 Å². The Kier molecular flexibility index (Phi) is 5.93. The van der Waals surface area contributed by atoms with Gasteiger partial charge in [0.1, 0.15) is 0 Å². The second-order valence-electron chi connectivity index (χ2n) is 6.06. The molecule has 0 spiro atoms. The summed E-state index contributed by atoms with van der Waals surface area (Å²) in [6.45, 7) is 5.42. The van der Waals surface area contributed by atoms with Crippen LogP contribution in [0.15, 0.2) is 0 Å². The third kappa shape index (κ3) is 4.22. The van der Waals surface area contributed by atoms with Crippen molar-refractivity contribution in [3.8, 4) is 0 Å². The Morgan fingerprint density at radius 1 is 1.11 bits per heavy atom. The van der Waals surface area contributed by atoms with E-state index in [1.54, 1.807) is 0 Å². The molecule has 0 aromatic rings. The Hall–Kier alpha value is -0.120. The number of hydrogen-bond acceptors (Lipinski definition) is 3. The van der Waals surface area contributed by atoms with E-state index in [-0.39, 0.29) is 0 Å². The zero-order valence-electron chi connectivity index (χ0n) is 12.2. The lowest BCUT2D eigenvalue weighted by atomic mass is 10.1. The lowest BCUT2D eigenvalue weighted by Crippen LogP contribution is -2.42. The lowest BCUT2D eigenvalue weighted by Gasteiger charge is -2.27. The van der Waals surface area contributed by atoms with Gasteiger partial charge in [0.05, 0.1) is 6.10 Å². The van der Waals surface area contributed by atoms with Crippen LogP contribution in [-0.4, -0.2) is 49.8 Å². The number of likely N-dealkylation sites (N-methyl/N-ethyl adjacent to an activating group) is 1. The highest BCUT2D eigenvalue weighted by molar-refractivity contribution is 4.81. The summed E-state index contributed by atoms with van der Waals surface area (Å²) in [6, 6.07) is 1.40. The molecule has 2 fully saturated rings. The first kappa shape index (κ1) is 14.3. The van der Waals surface area contributed by atoms with Crippen molar-refractivity contribution in [1.82, 2.24) is 10.2 Å². The minimum absolute atomic E-state index is 0.410. The zero-order chi connectivity index (χ0) is 12.8. The monoisotopic (exact) mass is 254 g/mol. The number of hydrogen-bond donors (Lipinski definition) is 1. The number of ether oxygens (including phenoxy) is 1. The summed E-state index contributed by atoms with van der Waals surface area (Å²) in [5.74, 6) is 0. The van der Waals surface area contributed by atoms with E-state index < -0.39 is 0 Å². The van der Waals surface area contributed by atoms with Gasteiger partial charge in [0, 0.05) is 31.8 Å². The van der Waals surface area contributed by atoms with Gasteiger partial charge in [-0.15, -0.1) is 0 Å². The molecule has 2 rings (SSSR count). The van der Waals surface area contributed by atoms with Crippen LogP contribution in [0.2, 0.25) is 0 Å². The van der Waals surface area contributed by atoms with E-state index in [0.29, 0.717) is 12.1 Å². The zero-order valence-corrected chi connectivity index (χ0v) is 12.2. The van der Waals surface area contributed by atoms with Crippen LogP contribution in [0.4, 0.5) is 0 Å². The summed E-state index contributed by atoms with van der Waals surface area (Å²) in [6.07, 6.45) is 10.1. The smallest absolute Gasteiger partial charge is 0.0702 e. The van der Waals surface area contributed by atoms with Crippen molar-refractivity contribution in [2.45, 2.75) is 70.1 Å². The van der Waals surface area contributed by atoms with E-state index in [1.807, 2.05) is 0 Å². The standard InChI is InChI=1S/C15H30N2O/c1-13-15(9-12-18-13)17(2)11-10-16-14-7-5-3-4-6-8-14/h13-16H,3-12H2,1-2H3. The Labute approximate surface area is 112 Å². The Morgan fingerprint density at radius 3 is 2.44 bits per heavy atom. The number of nitrogens with zero attached hydrogens (tertiary/aromatic N) is 1. The van der Waals surface area contributed by atoms with Gasteiger partial charge >= 0.3 is 0 Å². The molecule has 0 amide bonds. The molecule has 1 saturated carbocycles. The Bertz CT molecular complexity index is 227. The van der Waals surface area contributed by atoms with Crippen LogP contribution >= 0.6 is 0 Å². The third-order valence-electron chi connectivity index (χ3n) is 4.66. The molecule has 0 aromatic heterocycles. The van der Waals surface area contributed by atoms with Crippen LogP contribution in [0.25, 0.3) is 0 Å². The van der Waals surface area contributed by atoms with Gasteiger partial charge in [-0.1, -0.05) is 25.7 Å². The van der Waals surface area contributed by atoms with Crippen LogP contribution in [-0.2, 0) is 4.74 Å². The molecule has 1 N–H and O–H groups in total. The Balaban J connectivity index is 1.61. The average Bonchev–Trinajstić information content (AvgIpc) is 2.63. The normalized spacial score (nSPS) is 30.8. The summed E-state index contributed by atoms with van der Waals surface area (Å²) in [7, 11) is 2.24. The fourth-order valence-electron chi connectivity index (χ4n) is 3.39. The molecule has 0 bridgehead atoms. The molecule has 0 aromatic carbocycles. The SMILES string of the molecule is CC1OCCC1N(C)CCNC1CCCCCC1. The molecular formula is C15H30N2O. The number of rotatable bonds is 5. The van der Waals surface area contributed by atoms with Gasteiger partial charge < -0.3 is 10.1 Å². The summed E-state index contributed by atoms with van der Waals surface area (Å²) in [5, 5.41) is 3.75. The predicted octanol–water partition coefficient (Wildman–Crippen LogP) is 2.41. The van der Waals surface area contributed by atoms with Gasteiger partial charge in [-0.3, -0.25) is 4.90 Å². The average molecular weight is 254 g/mol. The summed E-state index contributed by atoms with van der Waals surface area (Å²) in [4.78, 5) is 2.47. The van der Waals surface area contributed by atoms with Gasteiger partial charge in [-0.2, -0.15) is 0 Å². The molecule has 18 heavy (non-hydrogen) atoms. The molecule has 1 aliphatic carbocycles. The minimum atomic E-state index is 0.410. The van der Waals surface area contributed by atoms with E-state index in [2.05, 4.69) is 24.2 Å². The van der Waals surface area contributed by atoms with Crippen LogP contribution < -0.4 is 5.32 Å². The van der Waals surface area contributed by atoms with E-state index in [1.165, 1.54) is 44.9 Å². The minimum Gasteiger partial charge on any atom is -0.377 e. The highest BCUT2D eigenvalue weighted by Gasteiger charge is 2.27. The second-order valence-corrected chi connectivity index (χ2v) is 6.06. The first-order valence-electron chi connectivity index (χ1n) is 7.82. The molecule has 3 nitrogen and oxygen atoms in total. The molecule has 0 radical (unpaired) electrons. The highest BCUT2D eigenvalue weighted by atomic mass is 16.5. The highest BCUT2D eigenvalue weighted by Crippen LogP contribution is 2.18. The maximum absolute atomic E-state index is 5.64. The van der Waals surface area contributed by atoms with E-state index in [9.17, 15) is 0 Å². The fourth-order valence-corrected chi connectivity index (χ4v) is 3.39. The van der Waals surface area contributed by atoms with Crippen LogP contribution in [0.1, 0.15) is 51.9 Å². The molecule has 1 saturated heterocycles. The van der Waals surface area contributed by atoms with Crippen molar-refractivity contribution in [1.29, 1.82) is 0 Å². The lowest BCUT2D eigenvalue weighted by molar-refractivity contribution is 0.0837. The summed E-state index contributed by atoms with van der Waals surface area (Å²) >= 11 is 0. The molecule has 106 valence electrons. The van der Waals surface area contributed by atoms with Gasteiger partial charge in [0.25, 0.3) is 0 Å². The van der Waals surface area contributed by atoms with Crippen LogP contribution in [0, 0.1) is 0 Å². The summed E-state index contributed by atoms with van der Waals surface area (Å²) < 4.78 is 5.64. The third-order valence-corrected chi connectivity index (χ3v) is 4.66. The van der Waals surface area contributed by atoms with Gasteiger partial charge in [0.2, 0.25) is 0 Å². The molecule has 2 atom stereocenters. The maximum Gasteiger partial charge on any atom is 0.0702 e. The molecule has 3 heteroatoms. The van der Waals surface area contributed by atoms with Crippen molar-refractivity contribution < 1.29 is 4.74 Å². The first-order valence-corrected chi connectivity index (χ1v) is 7.82. The maximum atomic E-state index is 5.64. The van der Waals surface area contributed by atoms with E-state index in [4.69, 9.17) is 4.74 Å². The molecule has 2 aliphatic rings. The second kappa shape index (κ2) is 7.46. The fraction of sp³-hybridized carbons (Fsp3) is 1.00. The van der Waals surface area contributed by atoms with Gasteiger partial charge in [0.15, 0.2) is 0 Å². The van der Waals surface area contributed by atoms with Gasteiger partial charge in [-0.05, 0) is 33.2 Å². The predicted molar refractivity (Wildman–Crippen MR) is 75.9 cm³/mol. The van der Waals surface area contributed by atoms with Crippen LogP contribution in [0.5, 0.6) is 0 Å². The quantitative estimate of drug-likeness (QED) is 0.763. The van der Waals surface area contributed by atoms with Crippen molar-refractivity contribution >= 4 is 0 Å². The van der Waals surface area contributed by atoms with E-state index in [0.717, 1.165) is 25.7 Å². The van der Waals surface area contributed by atoms with Gasteiger partial charge in [-0.25, -0.2) is 0 Å². The number of nitrogens with one attached hydrogen (secondary N) is 1. The van der Waals surface area contributed by atoms with Crippen molar-refractivity contribution in [2.75, 3.05) is 26.7 Å². The Morgan fingerprint density at radius 2 is 1.83 bits per heavy atom. The van der Waals surface area contributed by atoms with Crippen molar-refractivity contribution in [3.05, 3.63) is 0 Å². The first-order chi connectivity index (χ1) is 8.77. The summed E-state index contributed by atoms with van der Waals surface area (Å²) in [5.41, 5.74) is 0. The molecule has 2 unspecified atom stereocenters. The topological polar surface area (TPSA) is 24.5 Å². The molecule has 1 heterocycles.